The van der Waals surface area contributed by atoms with Crippen LogP contribution in [0.1, 0.15) is 90.9 Å². The van der Waals surface area contributed by atoms with Crippen molar-refractivity contribution in [3.05, 3.63) is 72.8 Å². The zero-order valence-corrected chi connectivity index (χ0v) is 33.6. The topological polar surface area (TPSA) is 53.6 Å². The zero-order valence-electron chi connectivity index (χ0n) is 33.6. The molecule has 2 aliphatic rings. The van der Waals surface area contributed by atoms with Crippen LogP contribution < -0.4 is 19.6 Å². The van der Waals surface area contributed by atoms with Gasteiger partial charge in [0.2, 0.25) is 11.8 Å². The number of allylic oxidation sites excluding steroid dienone is 2. The second-order valence-electron chi connectivity index (χ2n) is 14.7. The number of rotatable bonds is 18. The monoisotopic (exact) mass is 715 g/mol. The molecule has 8 nitrogen and oxygen atoms in total. The standard InChI is InChI=1S/2C22H35N3O/c2*1-4-5-6-7-8-9-10-11-22(26)25-18-16-24(17-19-25)21-14-12-20(13-15-21)23(2)3/h2*10-15H,4-9,16-19H2,1-3H3/b2*11-10+. The number of amides is 2. The minimum atomic E-state index is 0.168. The average molecular weight is 715 g/mol. The minimum absolute atomic E-state index is 0.168. The number of anilines is 4. The summed E-state index contributed by atoms with van der Waals surface area (Å²) in [7, 11) is 8.21. The molecule has 288 valence electrons. The maximum Gasteiger partial charge on any atom is 0.246 e. The van der Waals surface area contributed by atoms with Crippen molar-refractivity contribution in [1.29, 1.82) is 0 Å². The minimum Gasteiger partial charge on any atom is -0.378 e. The fraction of sp³-hybridized carbons (Fsp3) is 0.591. The highest BCUT2D eigenvalue weighted by molar-refractivity contribution is 5.88. The van der Waals surface area contributed by atoms with Gasteiger partial charge < -0.3 is 29.4 Å². The van der Waals surface area contributed by atoms with E-state index in [4.69, 9.17) is 0 Å². The van der Waals surface area contributed by atoms with E-state index in [0.717, 1.165) is 65.2 Å². The van der Waals surface area contributed by atoms with Crippen LogP contribution in [-0.2, 0) is 9.59 Å². The average Bonchev–Trinajstić information content (AvgIpc) is 3.17. The lowest BCUT2D eigenvalue weighted by molar-refractivity contribution is -0.127. The molecule has 2 heterocycles. The Morgan fingerprint density at radius 3 is 1.13 bits per heavy atom. The Labute approximate surface area is 317 Å². The Bertz CT molecular complexity index is 1220. The molecule has 2 aromatic carbocycles. The lowest BCUT2D eigenvalue weighted by Crippen LogP contribution is -2.48. The van der Waals surface area contributed by atoms with Gasteiger partial charge in [-0.3, -0.25) is 9.59 Å². The molecule has 0 aliphatic carbocycles. The number of piperazine rings is 2. The molecule has 0 atom stereocenters. The van der Waals surface area contributed by atoms with Gasteiger partial charge in [0.1, 0.15) is 0 Å². The second-order valence-corrected chi connectivity index (χ2v) is 14.7. The molecule has 4 rings (SSSR count). The van der Waals surface area contributed by atoms with Crippen molar-refractivity contribution in [3.8, 4) is 0 Å². The lowest BCUT2D eigenvalue weighted by atomic mass is 10.1. The molecule has 0 bridgehead atoms. The molecule has 8 heteroatoms. The van der Waals surface area contributed by atoms with Gasteiger partial charge in [-0.1, -0.05) is 77.4 Å². The van der Waals surface area contributed by atoms with Gasteiger partial charge >= 0.3 is 0 Å². The van der Waals surface area contributed by atoms with Crippen LogP contribution >= 0.6 is 0 Å². The van der Waals surface area contributed by atoms with Crippen LogP contribution in [0, 0.1) is 0 Å². The third-order valence-electron chi connectivity index (χ3n) is 10.1. The van der Waals surface area contributed by atoms with Crippen molar-refractivity contribution in [1.82, 2.24) is 9.80 Å². The van der Waals surface area contributed by atoms with Crippen LogP contribution in [0.3, 0.4) is 0 Å². The van der Waals surface area contributed by atoms with E-state index in [9.17, 15) is 9.59 Å². The highest BCUT2D eigenvalue weighted by atomic mass is 16.2. The van der Waals surface area contributed by atoms with E-state index in [0.29, 0.717) is 0 Å². The van der Waals surface area contributed by atoms with Gasteiger partial charge in [0.05, 0.1) is 0 Å². The van der Waals surface area contributed by atoms with Crippen LogP contribution in [0.25, 0.3) is 0 Å². The van der Waals surface area contributed by atoms with Gasteiger partial charge in [-0.2, -0.15) is 0 Å². The first kappa shape index (κ1) is 42.5. The van der Waals surface area contributed by atoms with Gasteiger partial charge in [-0.25, -0.2) is 0 Å². The summed E-state index contributed by atoms with van der Waals surface area (Å²) < 4.78 is 0. The summed E-state index contributed by atoms with van der Waals surface area (Å²) in [6.45, 7) is 11.3. The normalized spacial score (nSPS) is 14.9. The maximum absolute atomic E-state index is 12.3. The molecule has 0 saturated carbocycles. The van der Waals surface area contributed by atoms with E-state index < -0.39 is 0 Å². The molecule has 2 aliphatic heterocycles. The Hall–Kier alpha value is -3.94. The van der Waals surface area contributed by atoms with E-state index in [2.05, 4.69) is 122 Å². The second kappa shape index (κ2) is 24.3. The van der Waals surface area contributed by atoms with Crippen molar-refractivity contribution < 1.29 is 9.59 Å². The fourth-order valence-corrected chi connectivity index (χ4v) is 6.60. The number of carbonyl (C=O) groups is 2. The number of hydrogen-bond acceptors (Lipinski definition) is 6. The first-order valence-electron chi connectivity index (χ1n) is 20.2. The Balaban J connectivity index is 0.000000280. The molecule has 2 saturated heterocycles. The Morgan fingerprint density at radius 1 is 0.500 bits per heavy atom. The molecule has 2 amide bonds. The summed E-state index contributed by atoms with van der Waals surface area (Å²) in [5.74, 6) is 0.335. The smallest absolute Gasteiger partial charge is 0.246 e. The Kier molecular flexibility index (Phi) is 19.9. The summed E-state index contributed by atoms with van der Waals surface area (Å²) >= 11 is 0. The van der Waals surface area contributed by atoms with Crippen molar-refractivity contribution >= 4 is 34.6 Å². The van der Waals surface area contributed by atoms with Crippen molar-refractivity contribution in [2.45, 2.75) is 90.9 Å². The lowest BCUT2D eigenvalue weighted by Gasteiger charge is -2.35. The summed E-state index contributed by atoms with van der Waals surface area (Å²) in [4.78, 5) is 37.5. The summed E-state index contributed by atoms with van der Waals surface area (Å²) in [5, 5.41) is 0. The van der Waals surface area contributed by atoms with E-state index in [1.165, 1.54) is 87.0 Å². The predicted octanol–water partition coefficient (Wildman–Crippen LogP) is 8.64. The van der Waals surface area contributed by atoms with E-state index in [1.807, 2.05) is 9.80 Å². The first-order chi connectivity index (χ1) is 25.2. The third-order valence-corrected chi connectivity index (χ3v) is 10.1. The molecular weight excluding hydrogens is 645 g/mol. The molecule has 0 unspecified atom stereocenters. The van der Waals surface area contributed by atoms with Crippen molar-refractivity contribution in [2.24, 2.45) is 0 Å². The number of nitrogens with zero attached hydrogens (tertiary/aromatic N) is 6. The SMILES string of the molecule is CCCCCCC/C=C/C(=O)N1CCN(c2ccc(N(C)C)cc2)CC1.CCCCCCC/C=C/C(=O)N1CCN(c2ccc(N(C)C)cc2)CC1. The van der Waals surface area contributed by atoms with Gasteiger partial charge in [0.15, 0.2) is 0 Å². The summed E-state index contributed by atoms with van der Waals surface area (Å²) in [6.07, 6.45) is 22.5. The van der Waals surface area contributed by atoms with Crippen molar-refractivity contribution in [2.75, 3.05) is 100 Å². The van der Waals surface area contributed by atoms with Gasteiger partial charge in [-0.15, -0.1) is 0 Å². The van der Waals surface area contributed by atoms with E-state index in [1.54, 1.807) is 12.2 Å². The van der Waals surface area contributed by atoms with Crippen LogP contribution in [-0.4, -0.2) is 102 Å². The largest absolute Gasteiger partial charge is 0.378 e. The quantitative estimate of drug-likeness (QED) is 0.114. The van der Waals surface area contributed by atoms with E-state index >= 15 is 0 Å². The summed E-state index contributed by atoms with van der Waals surface area (Å²) in [6, 6.07) is 17.3. The summed E-state index contributed by atoms with van der Waals surface area (Å²) in [5.41, 5.74) is 4.90. The number of carbonyl (C=O) groups excluding carboxylic acids is 2. The number of unbranched alkanes of at least 4 members (excludes halogenated alkanes) is 10. The molecule has 0 aromatic heterocycles. The molecule has 2 fully saturated rings. The molecule has 0 N–H and O–H groups in total. The zero-order chi connectivity index (χ0) is 37.6. The predicted molar refractivity (Wildman–Crippen MR) is 224 cm³/mol. The van der Waals surface area contributed by atoms with Gasteiger partial charge in [0.25, 0.3) is 0 Å². The highest BCUT2D eigenvalue weighted by Crippen LogP contribution is 2.22. The molecule has 0 radical (unpaired) electrons. The van der Waals surface area contributed by atoms with E-state index in [-0.39, 0.29) is 11.8 Å². The van der Waals surface area contributed by atoms with Crippen LogP contribution in [0.5, 0.6) is 0 Å². The number of benzene rings is 2. The maximum atomic E-state index is 12.3. The highest BCUT2D eigenvalue weighted by Gasteiger charge is 2.21. The molecule has 2 aromatic rings. The third kappa shape index (κ3) is 15.3. The fourth-order valence-electron chi connectivity index (χ4n) is 6.60. The molecule has 0 spiro atoms. The molecule has 52 heavy (non-hydrogen) atoms. The van der Waals surface area contributed by atoms with Gasteiger partial charge in [-0.05, 0) is 86.4 Å². The van der Waals surface area contributed by atoms with Gasteiger partial charge in [0, 0.05) is 103 Å². The van der Waals surface area contributed by atoms with Crippen LogP contribution in [0.15, 0.2) is 72.8 Å². The number of hydrogen-bond donors (Lipinski definition) is 0. The van der Waals surface area contributed by atoms with Crippen LogP contribution in [0.2, 0.25) is 0 Å². The van der Waals surface area contributed by atoms with Crippen molar-refractivity contribution in [3.63, 3.8) is 0 Å². The molecular formula is C44H70N6O2. The van der Waals surface area contributed by atoms with Crippen LogP contribution in [0.4, 0.5) is 22.7 Å². The Morgan fingerprint density at radius 2 is 0.827 bits per heavy atom. The first-order valence-corrected chi connectivity index (χ1v) is 20.2.